The van der Waals surface area contributed by atoms with E-state index in [0.717, 1.165) is 44.8 Å². The predicted octanol–water partition coefficient (Wildman–Crippen LogP) is 3.14. The molecular weight excluding hydrogens is 188 g/mol. The lowest BCUT2D eigenvalue weighted by Crippen LogP contribution is -2.17. The molecule has 2 heteroatoms. The number of hydrogen-bond donors (Lipinski definition) is 0. The topological polar surface area (TPSA) is 34.1 Å². The number of carbonyl (C=O) groups excluding carboxylic acids is 2. The van der Waals surface area contributed by atoms with E-state index in [1.54, 1.807) is 0 Å². The second-order valence-electron chi connectivity index (χ2n) is 5.41. The van der Waals surface area contributed by atoms with Gasteiger partial charge in [0.1, 0.15) is 12.1 Å². The van der Waals surface area contributed by atoms with E-state index in [0.29, 0.717) is 18.1 Å². The second kappa shape index (κ2) is 5.43. The van der Waals surface area contributed by atoms with Crippen molar-refractivity contribution < 1.29 is 9.59 Å². The van der Waals surface area contributed by atoms with E-state index in [9.17, 15) is 9.59 Å². The standard InChI is InChI=1S/C13H22O2/c1-13(2)10-12(15)9-11(13)7-5-3-4-6-8-14/h8,11H,3-7,9-10H2,1-2H3. The molecule has 1 atom stereocenters. The summed E-state index contributed by atoms with van der Waals surface area (Å²) in [6.45, 7) is 4.40. The number of carbonyl (C=O) groups is 2. The summed E-state index contributed by atoms with van der Waals surface area (Å²) >= 11 is 0. The Labute approximate surface area is 92.4 Å². The maximum Gasteiger partial charge on any atom is 0.133 e. The van der Waals surface area contributed by atoms with Gasteiger partial charge in [-0.3, -0.25) is 4.79 Å². The van der Waals surface area contributed by atoms with E-state index in [2.05, 4.69) is 13.8 Å². The first kappa shape index (κ1) is 12.4. The van der Waals surface area contributed by atoms with Crippen molar-refractivity contribution in [1.29, 1.82) is 0 Å². The minimum absolute atomic E-state index is 0.210. The molecule has 1 unspecified atom stereocenters. The van der Waals surface area contributed by atoms with Crippen molar-refractivity contribution >= 4 is 12.1 Å². The van der Waals surface area contributed by atoms with Crippen LogP contribution in [0.3, 0.4) is 0 Å². The molecule has 0 spiro atoms. The van der Waals surface area contributed by atoms with Crippen molar-refractivity contribution in [3.8, 4) is 0 Å². The number of hydrogen-bond acceptors (Lipinski definition) is 2. The fourth-order valence-corrected chi connectivity index (χ4v) is 2.56. The molecule has 0 N–H and O–H groups in total. The smallest absolute Gasteiger partial charge is 0.133 e. The average molecular weight is 210 g/mol. The molecular formula is C13H22O2. The highest BCUT2D eigenvalue weighted by molar-refractivity contribution is 5.81. The van der Waals surface area contributed by atoms with Gasteiger partial charge in [0, 0.05) is 19.3 Å². The summed E-state index contributed by atoms with van der Waals surface area (Å²) < 4.78 is 0. The Balaban J connectivity index is 2.21. The van der Waals surface area contributed by atoms with Gasteiger partial charge in [-0.25, -0.2) is 0 Å². The summed E-state index contributed by atoms with van der Waals surface area (Å²) in [4.78, 5) is 21.5. The molecule has 1 rings (SSSR count). The van der Waals surface area contributed by atoms with E-state index in [1.165, 1.54) is 0 Å². The summed E-state index contributed by atoms with van der Waals surface area (Å²) in [7, 11) is 0. The quantitative estimate of drug-likeness (QED) is 0.498. The largest absolute Gasteiger partial charge is 0.303 e. The fraction of sp³-hybridized carbons (Fsp3) is 0.846. The molecule has 2 nitrogen and oxygen atoms in total. The molecule has 1 aliphatic carbocycles. The molecule has 0 aromatic carbocycles. The van der Waals surface area contributed by atoms with Gasteiger partial charge in [0.25, 0.3) is 0 Å². The molecule has 15 heavy (non-hydrogen) atoms. The molecule has 1 saturated carbocycles. The second-order valence-corrected chi connectivity index (χ2v) is 5.41. The van der Waals surface area contributed by atoms with Crippen LogP contribution in [0.15, 0.2) is 0 Å². The van der Waals surface area contributed by atoms with Crippen LogP contribution in [0.1, 0.15) is 58.8 Å². The number of aldehydes is 1. The molecule has 0 radical (unpaired) electrons. The third-order valence-electron chi connectivity index (χ3n) is 3.61. The molecule has 0 aromatic heterocycles. The van der Waals surface area contributed by atoms with Crippen LogP contribution in [0.4, 0.5) is 0 Å². The van der Waals surface area contributed by atoms with Crippen LogP contribution in [-0.2, 0) is 9.59 Å². The highest BCUT2D eigenvalue weighted by atomic mass is 16.1. The zero-order valence-corrected chi connectivity index (χ0v) is 9.92. The first-order valence-corrected chi connectivity index (χ1v) is 6.01. The third kappa shape index (κ3) is 3.77. The SMILES string of the molecule is CC1(C)CC(=O)CC1CCCCCC=O. The van der Waals surface area contributed by atoms with Gasteiger partial charge in [0.15, 0.2) is 0 Å². The zero-order valence-electron chi connectivity index (χ0n) is 9.92. The zero-order chi connectivity index (χ0) is 11.3. The highest BCUT2D eigenvalue weighted by Crippen LogP contribution is 2.43. The lowest BCUT2D eigenvalue weighted by atomic mass is 9.79. The molecule has 1 fully saturated rings. The van der Waals surface area contributed by atoms with E-state index >= 15 is 0 Å². The van der Waals surface area contributed by atoms with E-state index < -0.39 is 0 Å². The van der Waals surface area contributed by atoms with Crippen molar-refractivity contribution in [2.24, 2.45) is 11.3 Å². The van der Waals surface area contributed by atoms with Gasteiger partial charge in [-0.1, -0.05) is 26.7 Å². The summed E-state index contributed by atoms with van der Waals surface area (Å²) in [6.07, 6.45) is 7.65. The Bertz CT molecular complexity index is 231. The Morgan fingerprint density at radius 2 is 2.07 bits per heavy atom. The first-order valence-electron chi connectivity index (χ1n) is 6.01. The van der Waals surface area contributed by atoms with Gasteiger partial charge < -0.3 is 4.79 Å². The van der Waals surface area contributed by atoms with Crippen LogP contribution in [0.5, 0.6) is 0 Å². The first-order chi connectivity index (χ1) is 7.06. The molecule has 0 aromatic rings. The molecule has 1 aliphatic rings. The molecule has 86 valence electrons. The number of unbranched alkanes of at least 4 members (excludes halogenated alkanes) is 3. The lowest BCUT2D eigenvalue weighted by molar-refractivity contribution is -0.118. The van der Waals surface area contributed by atoms with Crippen LogP contribution in [-0.4, -0.2) is 12.1 Å². The summed E-state index contributed by atoms with van der Waals surface area (Å²) in [6, 6.07) is 0. The minimum atomic E-state index is 0.210. The maximum atomic E-state index is 11.4. The van der Waals surface area contributed by atoms with Crippen LogP contribution < -0.4 is 0 Å². The van der Waals surface area contributed by atoms with E-state index in [1.807, 2.05) is 0 Å². The van der Waals surface area contributed by atoms with Crippen LogP contribution >= 0.6 is 0 Å². The normalized spacial score (nSPS) is 24.4. The van der Waals surface area contributed by atoms with Crippen LogP contribution in [0.25, 0.3) is 0 Å². The molecule has 0 heterocycles. The lowest BCUT2D eigenvalue weighted by Gasteiger charge is -2.25. The van der Waals surface area contributed by atoms with Gasteiger partial charge in [-0.2, -0.15) is 0 Å². The van der Waals surface area contributed by atoms with Crippen molar-refractivity contribution in [1.82, 2.24) is 0 Å². The molecule has 0 aliphatic heterocycles. The van der Waals surface area contributed by atoms with Crippen LogP contribution in [0, 0.1) is 11.3 Å². The third-order valence-corrected chi connectivity index (χ3v) is 3.61. The average Bonchev–Trinajstić information content (AvgIpc) is 2.39. The number of rotatable bonds is 6. The van der Waals surface area contributed by atoms with Crippen LogP contribution in [0.2, 0.25) is 0 Å². The maximum absolute atomic E-state index is 11.4. The Kier molecular flexibility index (Phi) is 4.49. The fourth-order valence-electron chi connectivity index (χ4n) is 2.56. The van der Waals surface area contributed by atoms with Crippen molar-refractivity contribution in [3.63, 3.8) is 0 Å². The van der Waals surface area contributed by atoms with Gasteiger partial charge >= 0.3 is 0 Å². The summed E-state index contributed by atoms with van der Waals surface area (Å²) in [5.41, 5.74) is 0.210. The van der Waals surface area contributed by atoms with Gasteiger partial charge in [-0.05, 0) is 24.2 Å². The summed E-state index contributed by atoms with van der Waals surface area (Å²) in [5, 5.41) is 0. The predicted molar refractivity (Wildman–Crippen MR) is 60.7 cm³/mol. The van der Waals surface area contributed by atoms with Crippen molar-refractivity contribution in [3.05, 3.63) is 0 Å². The number of ketones is 1. The molecule has 0 saturated heterocycles. The van der Waals surface area contributed by atoms with Crippen molar-refractivity contribution in [2.45, 2.75) is 58.8 Å². The monoisotopic (exact) mass is 210 g/mol. The summed E-state index contributed by atoms with van der Waals surface area (Å²) in [5.74, 6) is 0.999. The van der Waals surface area contributed by atoms with Gasteiger partial charge in [0.05, 0.1) is 0 Å². The van der Waals surface area contributed by atoms with E-state index in [4.69, 9.17) is 0 Å². The van der Waals surface area contributed by atoms with Crippen molar-refractivity contribution in [2.75, 3.05) is 0 Å². The Morgan fingerprint density at radius 1 is 1.33 bits per heavy atom. The molecule has 0 amide bonds. The number of Topliss-reactive ketones (excluding diaryl/α,β-unsaturated/α-hetero) is 1. The van der Waals surface area contributed by atoms with E-state index in [-0.39, 0.29) is 5.41 Å². The minimum Gasteiger partial charge on any atom is -0.303 e. The highest BCUT2D eigenvalue weighted by Gasteiger charge is 2.38. The van der Waals surface area contributed by atoms with Gasteiger partial charge in [0.2, 0.25) is 0 Å². The van der Waals surface area contributed by atoms with Gasteiger partial charge in [-0.15, -0.1) is 0 Å². The Morgan fingerprint density at radius 3 is 2.60 bits per heavy atom. The molecule has 0 bridgehead atoms. The Hall–Kier alpha value is -0.660.